The lowest BCUT2D eigenvalue weighted by Crippen LogP contribution is -2.56. The van der Waals surface area contributed by atoms with E-state index in [4.69, 9.17) is 10.5 Å². The van der Waals surface area contributed by atoms with Gasteiger partial charge in [-0.15, -0.1) is 0 Å². The number of carbonyl (C=O) groups excluding carboxylic acids is 1. The Morgan fingerprint density at radius 3 is 2.55 bits per heavy atom. The van der Waals surface area contributed by atoms with Crippen LogP contribution in [0.25, 0.3) is 0 Å². The second kappa shape index (κ2) is 6.86. The highest BCUT2D eigenvalue weighted by Gasteiger charge is 2.39. The smallest absolute Gasteiger partial charge is 0.244 e. The minimum atomic E-state index is -0.932. The molecular formula is C16H24N2O2. The molecule has 1 atom stereocenters. The average molecular weight is 276 g/mol. The fourth-order valence-corrected chi connectivity index (χ4v) is 2.86. The van der Waals surface area contributed by atoms with E-state index in [0.717, 1.165) is 18.4 Å². The average Bonchev–Trinajstić information content (AvgIpc) is 2.97. The minimum absolute atomic E-state index is 0.260. The number of primary amides is 1. The van der Waals surface area contributed by atoms with Crippen LogP contribution >= 0.6 is 0 Å². The number of benzene rings is 1. The van der Waals surface area contributed by atoms with Gasteiger partial charge in [0.15, 0.2) is 0 Å². The normalized spacial score (nSPS) is 18.9. The Morgan fingerprint density at radius 1 is 1.35 bits per heavy atom. The molecule has 0 spiro atoms. The number of ether oxygens (including phenoxy) is 1. The summed E-state index contributed by atoms with van der Waals surface area (Å²) in [5.74, 6) is -0.386. The molecule has 4 heteroatoms. The van der Waals surface area contributed by atoms with Gasteiger partial charge in [0.05, 0.1) is 12.7 Å². The third-order valence-electron chi connectivity index (χ3n) is 4.00. The van der Waals surface area contributed by atoms with Gasteiger partial charge in [-0.05, 0) is 24.9 Å². The van der Waals surface area contributed by atoms with Gasteiger partial charge in [0.1, 0.15) is 5.54 Å². The molecule has 0 heterocycles. The van der Waals surface area contributed by atoms with Crippen LogP contribution in [0.5, 0.6) is 0 Å². The van der Waals surface area contributed by atoms with Crippen molar-refractivity contribution in [1.82, 2.24) is 5.32 Å². The Balaban J connectivity index is 2.19. The van der Waals surface area contributed by atoms with E-state index in [1.807, 2.05) is 37.3 Å². The number of rotatable bonds is 7. The van der Waals surface area contributed by atoms with Crippen molar-refractivity contribution in [2.24, 2.45) is 5.73 Å². The van der Waals surface area contributed by atoms with Crippen LogP contribution in [0.1, 0.15) is 38.2 Å². The molecule has 2 rings (SSSR count). The Labute approximate surface area is 120 Å². The first kappa shape index (κ1) is 15.0. The molecule has 0 bridgehead atoms. The topological polar surface area (TPSA) is 64.3 Å². The lowest BCUT2D eigenvalue weighted by Gasteiger charge is -2.33. The molecule has 0 aliphatic heterocycles. The quantitative estimate of drug-likeness (QED) is 0.800. The summed E-state index contributed by atoms with van der Waals surface area (Å²) in [5, 5.41) is 3.24. The Bertz CT molecular complexity index is 429. The number of likely N-dealkylation sites (N-methyl/N-ethyl adjacent to an activating group) is 1. The molecule has 1 aromatic carbocycles. The van der Waals surface area contributed by atoms with Gasteiger partial charge in [-0.2, -0.15) is 0 Å². The van der Waals surface area contributed by atoms with Crippen LogP contribution in [0.15, 0.2) is 30.3 Å². The van der Waals surface area contributed by atoms with Gasteiger partial charge >= 0.3 is 0 Å². The Kier molecular flexibility index (Phi) is 5.15. The maximum absolute atomic E-state index is 12.1. The molecule has 20 heavy (non-hydrogen) atoms. The van der Waals surface area contributed by atoms with Gasteiger partial charge in [0.2, 0.25) is 5.91 Å². The van der Waals surface area contributed by atoms with Gasteiger partial charge in [0, 0.05) is 0 Å². The molecule has 0 radical (unpaired) electrons. The zero-order valence-corrected chi connectivity index (χ0v) is 12.1. The molecule has 1 aromatic rings. The second-order valence-electron chi connectivity index (χ2n) is 5.38. The van der Waals surface area contributed by atoms with Crippen LogP contribution < -0.4 is 11.1 Å². The van der Waals surface area contributed by atoms with Crippen LogP contribution in [0.4, 0.5) is 0 Å². The predicted octanol–water partition coefficient (Wildman–Crippen LogP) is 1.94. The number of hydrogen-bond donors (Lipinski definition) is 2. The third kappa shape index (κ3) is 3.19. The van der Waals surface area contributed by atoms with Crippen LogP contribution in [0, 0.1) is 0 Å². The fourth-order valence-electron chi connectivity index (χ4n) is 2.86. The highest BCUT2D eigenvalue weighted by molar-refractivity contribution is 5.86. The molecule has 110 valence electrons. The van der Waals surface area contributed by atoms with Gasteiger partial charge in [-0.1, -0.05) is 50.1 Å². The van der Waals surface area contributed by atoms with Crippen LogP contribution in [0.3, 0.4) is 0 Å². The van der Waals surface area contributed by atoms with E-state index in [0.29, 0.717) is 13.2 Å². The molecule has 0 saturated heterocycles. The van der Waals surface area contributed by atoms with E-state index >= 15 is 0 Å². The fraction of sp³-hybridized carbons (Fsp3) is 0.562. The molecule has 3 N–H and O–H groups in total. The standard InChI is InChI=1S/C16H24N2O2/c1-2-18-16(15(17)19,13-8-4-3-5-9-13)12-20-14-10-6-7-11-14/h3-5,8-9,14,18H,2,6-7,10-12H2,1H3,(H2,17,19). The van der Waals surface area contributed by atoms with E-state index in [-0.39, 0.29) is 12.0 Å². The molecule has 1 fully saturated rings. The van der Waals surface area contributed by atoms with E-state index in [2.05, 4.69) is 5.32 Å². The highest BCUT2D eigenvalue weighted by atomic mass is 16.5. The minimum Gasteiger partial charge on any atom is -0.375 e. The van der Waals surface area contributed by atoms with Crippen molar-refractivity contribution in [1.29, 1.82) is 0 Å². The summed E-state index contributed by atoms with van der Waals surface area (Å²) < 4.78 is 5.97. The van der Waals surface area contributed by atoms with Crippen molar-refractivity contribution < 1.29 is 9.53 Å². The Morgan fingerprint density at radius 2 is 2.00 bits per heavy atom. The monoisotopic (exact) mass is 276 g/mol. The van der Waals surface area contributed by atoms with Crippen LogP contribution in [-0.2, 0) is 15.1 Å². The molecular weight excluding hydrogens is 252 g/mol. The summed E-state index contributed by atoms with van der Waals surface area (Å²) in [4.78, 5) is 12.1. The van der Waals surface area contributed by atoms with Crippen molar-refractivity contribution in [3.05, 3.63) is 35.9 Å². The summed E-state index contributed by atoms with van der Waals surface area (Å²) >= 11 is 0. The lowest BCUT2D eigenvalue weighted by atomic mass is 9.89. The first-order chi connectivity index (χ1) is 9.69. The van der Waals surface area contributed by atoms with Crippen LogP contribution in [-0.4, -0.2) is 25.2 Å². The maximum atomic E-state index is 12.1. The van der Waals surface area contributed by atoms with Crippen molar-refractivity contribution in [2.45, 2.75) is 44.2 Å². The van der Waals surface area contributed by atoms with Crippen molar-refractivity contribution in [2.75, 3.05) is 13.2 Å². The van der Waals surface area contributed by atoms with Gasteiger partial charge in [0.25, 0.3) is 0 Å². The third-order valence-corrected chi connectivity index (χ3v) is 4.00. The molecule has 1 aliphatic carbocycles. The number of hydrogen-bond acceptors (Lipinski definition) is 3. The Hall–Kier alpha value is -1.39. The van der Waals surface area contributed by atoms with Crippen molar-refractivity contribution in [3.63, 3.8) is 0 Å². The number of nitrogens with one attached hydrogen (secondary N) is 1. The highest BCUT2D eigenvalue weighted by Crippen LogP contribution is 2.26. The van der Waals surface area contributed by atoms with Gasteiger partial charge in [-0.3, -0.25) is 10.1 Å². The molecule has 1 amide bonds. The molecule has 1 aliphatic rings. The summed E-state index contributed by atoms with van der Waals surface area (Å²) in [6.45, 7) is 2.92. The van der Waals surface area contributed by atoms with E-state index in [1.165, 1.54) is 12.8 Å². The number of nitrogens with two attached hydrogens (primary N) is 1. The van der Waals surface area contributed by atoms with Crippen LogP contribution in [0.2, 0.25) is 0 Å². The van der Waals surface area contributed by atoms with Gasteiger partial charge < -0.3 is 10.5 Å². The molecule has 4 nitrogen and oxygen atoms in total. The molecule has 1 saturated carbocycles. The SMILES string of the molecule is CCNC(COC1CCCC1)(C(N)=O)c1ccccc1. The van der Waals surface area contributed by atoms with Crippen molar-refractivity contribution >= 4 is 5.91 Å². The summed E-state index contributed by atoms with van der Waals surface area (Å²) in [5.41, 5.74) is 5.63. The summed E-state index contributed by atoms with van der Waals surface area (Å²) in [6, 6.07) is 9.61. The summed E-state index contributed by atoms with van der Waals surface area (Å²) in [7, 11) is 0. The van der Waals surface area contributed by atoms with E-state index in [9.17, 15) is 4.79 Å². The lowest BCUT2D eigenvalue weighted by molar-refractivity contribution is -0.128. The first-order valence-corrected chi connectivity index (χ1v) is 7.41. The van der Waals surface area contributed by atoms with Crippen molar-refractivity contribution in [3.8, 4) is 0 Å². The first-order valence-electron chi connectivity index (χ1n) is 7.41. The molecule has 1 unspecified atom stereocenters. The van der Waals surface area contributed by atoms with E-state index < -0.39 is 5.54 Å². The predicted molar refractivity (Wildman–Crippen MR) is 79.2 cm³/mol. The number of carbonyl (C=O) groups is 1. The zero-order chi connectivity index (χ0) is 14.4. The second-order valence-corrected chi connectivity index (χ2v) is 5.38. The number of amides is 1. The largest absolute Gasteiger partial charge is 0.375 e. The molecule has 0 aromatic heterocycles. The maximum Gasteiger partial charge on any atom is 0.244 e. The van der Waals surface area contributed by atoms with Gasteiger partial charge in [-0.25, -0.2) is 0 Å². The van der Waals surface area contributed by atoms with E-state index in [1.54, 1.807) is 0 Å². The summed E-state index contributed by atoms with van der Waals surface area (Å²) in [6.07, 6.45) is 4.84. The zero-order valence-electron chi connectivity index (χ0n) is 12.1.